The van der Waals surface area contributed by atoms with Gasteiger partial charge in [0.1, 0.15) is 12.6 Å². The Balaban J connectivity index is 1.90. The van der Waals surface area contributed by atoms with E-state index in [1.807, 2.05) is 51.1 Å². The number of amides is 2. The zero-order chi connectivity index (χ0) is 27.0. The molecule has 0 aromatic heterocycles. The fraction of sp³-hybridized carbons (Fsp3) is 0.481. The fourth-order valence-corrected chi connectivity index (χ4v) is 5.13. The van der Waals surface area contributed by atoms with Crippen molar-refractivity contribution in [2.75, 3.05) is 36.5 Å². The van der Waals surface area contributed by atoms with Crippen LogP contribution in [-0.4, -0.2) is 63.4 Å². The second-order valence-corrected chi connectivity index (χ2v) is 11.5. The molecule has 2 aromatic carbocycles. The standard InChI is InChI=1S/C27H37N3O6S/c1-5-23(27(32)28-17-20(3)4)29(15-14-21-10-8-7-9-11-21)26(31)18-30(37(33,34)6-2)22-12-13-24-25(16-22)36-19-35-24/h7-13,16,20,23H,5-6,14-15,17-19H2,1-4H3,(H,28,32)/t23-/m1/s1. The molecular formula is C27H37N3O6S. The first kappa shape index (κ1) is 28.3. The second kappa shape index (κ2) is 12.8. The summed E-state index contributed by atoms with van der Waals surface area (Å²) in [4.78, 5) is 28.4. The van der Waals surface area contributed by atoms with Crippen LogP contribution in [0.3, 0.4) is 0 Å². The van der Waals surface area contributed by atoms with Crippen LogP contribution in [0.25, 0.3) is 0 Å². The van der Waals surface area contributed by atoms with Crippen molar-refractivity contribution in [1.82, 2.24) is 10.2 Å². The van der Waals surface area contributed by atoms with Crippen LogP contribution in [0.4, 0.5) is 5.69 Å². The molecule has 1 heterocycles. The number of hydrogen-bond acceptors (Lipinski definition) is 6. The summed E-state index contributed by atoms with van der Waals surface area (Å²) in [6, 6.07) is 13.7. The largest absolute Gasteiger partial charge is 0.454 e. The zero-order valence-electron chi connectivity index (χ0n) is 22.0. The molecule has 10 heteroatoms. The third kappa shape index (κ3) is 7.38. The number of benzene rings is 2. The topological polar surface area (TPSA) is 105 Å². The Kier molecular flexibility index (Phi) is 9.79. The second-order valence-electron chi connectivity index (χ2n) is 9.33. The van der Waals surface area contributed by atoms with Gasteiger partial charge >= 0.3 is 0 Å². The van der Waals surface area contributed by atoms with Crippen LogP contribution < -0.4 is 19.1 Å². The van der Waals surface area contributed by atoms with Crippen LogP contribution >= 0.6 is 0 Å². The van der Waals surface area contributed by atoms with Crippen LogP contribution in [0, 0.1) is 5.92 Å². The minimum atomic E-state index is -3.81. The summed E-state index contributed by atoms with van der Waals surface area (Å²) in [5.41, 5.74) is 1.33. The van der Waals surface area contributed by atoms with Gasteiger partial charge in [0, 0.05) is 19.2 Å². The van der Waals surface area contributed by atoms with E-state index in [0.717, 1.165) is 9.87 Å². The summed E-state index contributed by atoms with van der Waals surface area (Å²) in [6.45, 7) is 7.76. The monoisotopic (exact) mass is 531 g/mol. The van der Waals surface area contributed by atoms with Gasteiger partial charge in [0.05, 0.1) is 11.4 Å². The summed E-state index contributed by atoms with van der Waals surface area (Å²) >= 11 is 0. The molecule has 1 aliphatic heterocycles. The van der Waals surface area contributed by atoms with Crippen molar-refractivity contribution in [1.29, 1.82) is 0 Å². The predicted octanol–water partition coefficient (Wildman–Crippen LogP) is 3.19. The molecule has 0 spiro atoms. The first-order chi connectivity index (χ1) is 17.7. The average Bonchev–Trinajstić information content (AvgIpc) is 3.36. The lowest BCUT2D eigenvalue weighted by atomic mass is 10.1. The van der Waals surface area contributed by atoms with E-state index in [9.17, 15) is 18.0 Å². The van der Waals surface area contributed by atoms with Crippen LogP contribution in [0.15, 0.2) is 48.5 Å². The Morgan fingerprint density at radius 1 is 1.03 bits per heavy atom. The number of carbonyl (C=O) groups is 2. The summed E-state index contributed by atoms with van der Waals surface area (Å²) in [6.07, 6.45) is 0.931. The molecule has 0 unspecified atom stereocenters. The van der Waals surface area contributed by atoms with Gasteiger partial charge in [0.2, 0.25) is 28.6 Å². The van der Waals surface area contributed by atoms with Crippen LogP contribution in [0.2, 0.25) is 0 Å². The summed E-state index contributed by atoms with van der Waals surface area (Å²) in [5, 5.41) is 2.93. The number of nitrogens with one attached hydrogen (secondary N) is 1. The molecule has 3 rings (SSSR count). The minimum Gasteiger partial charge on any atom is -0.454 e. The highest BCUT2D eigenvalue weighted by Gasteiger charge is 2.32. The molecule has 1 N–H and O–H groups in total. The summed E-state index contributed by atoms with van der Waals surface area (Å²) in [5.74, 6) is 0.307. The van der Waals surface area contributed by atoms with Crippen molar-refractivity contribution in [3.05, 3.63) is 54.1 Å². The Bertz CT molecular complexity index is 1170. The molecule has 0 fully saturated rings. The van der Waals surface area contributed by atoms with Crippen molar-refractivity contribution >= 4 is 27.5 Å². The minimum absolute atomic E-state index is 0.0508. The van der Waals surface area contributed by atoms with Gasteiger partial charge in [0.15, 0.2) is 11.5 Å². The Morgan fingerprint density at radius 2 is 1.73 bits per heavy atom. The van der Waals surface area contributed by atoms with Gasteiger partial charge in [-0.1, -0.05) is 51.1 Å². The normalized spacial score (nSPS) is 13.3. The van der Waals surface area contributed by atoms with E-state index in [1.165, 1.54) is 11.8 Å². The number of carbonyl (C=O) groups excluding carboxylic acids is 2. The SMILES string of the molecule is CC[C@H](C(=O)NCC(C)C)N(CCc1ccccc1)C(=O)CN(c1ccc2c(c1)OCO2)S(=O)(=O)CC. The Labute approximate surface area is 219 Å². The molecule has 37 heavy (non-hydrogen) atoms. The van der Waals surface area contributed by atoms with Crippen molar-refractivity contribution in [2.24, 2.45) is 5.92 Å². The van der Waals surface area contributed by atoms with E-state index < -0.39 is 28.5 Å². The van der Waals surface area contributed by atoms with Gasteiger partial charge in [-0.15, -0.1) is 0 Å². The number of hydrogen-bond donors (Lipinski definition) is 1. The number of rotatable bonds is 13. The van der Waals surface area contributed by atoms with E-state index in [-0.39, 0.29) is 30.9 Å². The highest BCUT2D eigenvalue weighted by Crippen LogP contribution is 2.36. The Hall–Kier alpha value is -3.27. The number of ether oxygens (including phenoxy) is 2. The van der Waals surface area contributed by atoms with Crippen LogP contribution in [0.1, 0.15) is 39.7 Å². The fourth-order valence-electron chi connectivity index (χ4n) is 4.08. The summed E-state index contributed by atoms with van der Waals surface area (Å²) < 4.78 is 38.0. The van der Waals surface area contributed by atoms with Crippen LogP contribution in [-0.2, 0) is 26.0 Å². The summed E-state index contributed by atoms with van der Waals surface area (Å²) in [7, 11) is -3.81. The molecule has 1 aliphatic rings. The van der Waals surface area contributed by atoms with Crippen molar-refractivity contribution in [2.45, 2.75) is 46.6 Å². The number of anilines is 1. The van der Waals surface area contributed by atoms with Crippen LogP contribution in [0.5, 0.6) is 11.5 Å². The van der Waals surface area contributed by atoms with Crippen molar-refractivity contribution in [3.63, 3.8) is 0 Å². The average molecular weight is 532 g/mol. The number of nitrogens with zero attached hydrogens (tertiary/aromatic N) is 2. The van der Waals surface area contributed by atoms with Gasteiger partial charge in [-0.2, -0.15) is 0 Å². The van der Waals surface area contributed by atoms with Gasteiger partial charge in [-0.05, 0) is 43.4 Å². The first-order valence-corrected chi connectivity index (χ1v) is 14.3. The highest BCUT2D eigenvalue weighted by molar-refractivity contribution is 7.92. The molecule has 2 amide bonds. The third-order valence-corrected chi connectivity index (χ3v) is 7.92. The molecule has 9 nitrogen and oxygen atoms in total. The lowest BCUT2D eigenvalue weighted by Crippen LogP contribution is -2.53. The first-order valence-electron chi connectivity index (χ1n) is 12.7. The zero-order valence-corrected chi connectivity index (χ0v) is 22.8. The van der Waals surface area contributed by atoms with Gasteiger partial charge in [-0.25, -0.2) is 8.42 Å². The molecule has 1 atom stereocenters. The molecule has 0 saturated carbocycles. The van der Waals surface area contributed by atoms with Crippen molar-refractivity contribution < 1.29 is 27.5 Å². The lowest BCUT2D eigenvalue weighted by molar-refractivity contribution is -0.139. The van der Waals surface area contributed by atoms with Gasteiger partial charge in [0.25, 0.3) is 0 Å². The van der Waals surface area contributed by atoms with E-state index >= 15 is 0 Å². The Morgan fingerprint density at radius 3 is 2.38 bits per heavy atom. The molecule has 0 bridgehead atoms. The molecule has 0 radical (unpaired) electrons. The maximum absolute atomic E-state index is 13.8. The quantitative estimate of drug-likeness (QED) is 0.426. The van der Waals surface area contributed by atoms with E-state index in [4.69, 9.17) is 9.47 Å². The number of fused-ring (bicyclic) bond motifs is 1. The lowest BCUT2D eigenvalue weighted by Gasteiger charge is -2.33. The number of sulfonamides is 1. The maximum Gasteiger partial charge on any atom is 0.244 e. The highest BCUT2D eigenvalue weighted by atomic mass is 32.2. The third-order valence-electron chi connectivity index (χ3n) is 6.18. The van der Waals surface area contributed by atoms with E-state index in [2.05, 4.69) is 5.32 Å². The predicted molar refractivity (Wildman–Crippen MR) is 143 cm³/mol. The van der Waals surface area contributed by atoms with Crippen molar-refractivity contribution in [3.8, 4) is 11.5 Å². The van der Waals surface area contributed by atoms with E-state index in [0.29, 0.717) is 36.6 Å². The van der Waals surface area contributed by atoms with E-state index in [1.54, 1.807) is 18.2 Å². The van der Waals surface area contributed by atoms with Gasteiger partial charge in [-0.3, -0.25) is 13.9 Å². The molecule has 202 valence electrons. The molecular weight excluding hydrogens is 494 g/mol. The smallest absolute Gasteiger partial charge is 0.244 e. The molecule has 2 aromatic rings. The molecule has 0 aliphatic carbocycles. The maximum atomic E-state index is 13.8. The van der Waals surface area contributed by atoms with Gasteiger partial charge < -0.3 is 19.7 Å². The molecule has 0 saturated heterocycles.